The standard InChI is InChI=1S/C14H11FN4O2/c15-12-5-4-10(3-1-2-8-20)9-11(12)13(21)18-14-16-6-7-17-19-14/h4-7,9,20H,2,8H2,(H,16,18,19,21). The van der Waals surface area contributed by atoms with Gasteiger partial charge >= 0.3 is 0 Å². The summed E-state index contributed by atoms with van der Waals surface area (Å²) in [7, 11) is 0. The number of halogens is 1. The van der Waals surface area contributed by atoms with E-state index >= 15 is 0 Å². The number of amides is 1. The average Bonchev–Trinajstić information content (AvgIpc) is 2.50. The van der Waals surface area contributed by atoms with Crippen molar-refractivity contribution in [3.8, 4) is 11.8 Å². The molecule has 0 radical (unpaired) electrons. The number of hydrogen-bond donors (Lipinski definition) is 2. The van der Waals surface area contributed by atoms with Crippen molar-refractivity contribution >= 4 is 11.9 Å². The minimum Gasteiger partial charge on any atom is -0.395 e. The predicted molar refractivity (Wildman–Crippen MR) is 72.8 cm³/mol. The third-order valence-corrected chi connectivity index (χ3v) is 2.39. The van der Waals surface area contributed by atoms with E-state index in [2.05, 4.69) is 32.3 Å². The molecule has 6 nitrogen and oxygen atoms in total. The van der Waals surface area contributed by atoms with Crippen molar-refractivity contribution in [2.75, 3.05) is 11.9 Å². The van der Waals surface area contributed by atoms with Gasteiger partial charge in [0, 0.05) is 12.0 Å². The van der Waals surface area contributed by atoms with Gasteiger partial charge in [-0.3, -0.25) is 10.1 Å². The molecule has 2 aromatic rings. The smallest absolute Gasteiger partial charge is 0.261 e. The Balaban J connectivity index is 2.20. The molecule has 2 rings (SSSR count). The van der Waals surface area contributed by atoms with Crippen molar-refractivity contribution in [3.05, 3.63) is 47.5 Å². The quantitative estimate of drug-likeness (QED) is 0.822. The Morgan fingerprint density at radius 2 is 2.24 bits per heavy atom. The van der Waals surface area contributed by atoms with Crippen LogP contribution in [0.3, 0.4) is 0 Å². The summed E-state index contributed by atoms with van der Waals surface area (Å²) in [6, 6.07) is 3.93. The van der Waals surface area contributed by atoms with E-state index < -0.39 is 11.7 Å². The summed E-state index contributed by atoms with van der Waals surface area (Å²) in [5.41, 5.74) is 0.306. The lowest BCUT2D eigenvalue weighted by molar-refractivity contribution is 0.102. The summed E-state index contributed by atoms with van der Waals surface area (Å²) in [4.78, 5) is 15.7. The number of benzene rings is 1. The van der Waals surface area contributed by atoms with Crippen LogP contribution < -0.4 is 5.32 Å². The molecule has 106 valence electrons. The van der Waals surface area contributed by atoms with E-state index in [1.165, 1.54) is 24.5 Å². The molecule has 1 aromatic heterocycles. The van der Waals surface area contributed by atoms with Gasteiger partial charge in [-0.25, -0.2) is 9.37 Å². The highest BCUT2D eigenvalue weighted by atomic mass is 19.1. The molecule has 0 unspecified atom stereocenters. The number of aliphatic hydroxyl groups is 1. The van der Waals surface area contributed by atoms with Crippen LogP contribution in [0.15, 0.2) is 30.6 Å². The molecule has 0 spiro atoms. The molecule has 21 heavy (non-hydrogen) atoms. The summed E-state index contributed by atoms with van der Waals surface area (Å²) >= 11 is 0. The number of aliphatic hydroxyl groups excluding tert-OH is 1. The van der Waals surface area contributed by atoms with Crippen LogP contribution in [0.5, 0.6) is 0 Å². The molecule has 2 N–H and O–H groups in total. The Bertz CT molecular complexity index is 695. The van der Waals surface area contributed by atoms with Crippen LogP contribution in [0.25, 0.3) is 0 Å². The Kier molecular flexibility index (Phi) is 4.90. The second-order valence-corrected chi connectivity index (χ2v) is 3.89. The normalized spacial score (nSPS) is 9.62. The molecule has 0 saturated carbocycles. The molecule has 1 aromatic carbocycles. The SMILES string of the molecule is O=C(Nc1nccnn1)c1cc(C#CCCO)ccc1F. The van der Waals surface area contributed by atoms with Crippen LogP contribution in [0.1, 0.15) is 22.3 Å². The van der Waals surface area contributed by atoms with Gasteiger partial charge in [0.15, 0.2) is 0 Å². The molecule has 0 atom stereocenters. The number of carbonyl (C=O) groups excluding carboxylic acids is 1. The van der Waals surface area contributed by atoms with Crippen LogP contribution in [0, 0.1) is 17.7 Å². The maximum atomic E-state index is 13.7. The number of rotatable bonds is 3. The van der Waals surface area contributed by atoms with Crippen LogP contribution >= 0.6 is 0 Å². The van der Waals surface area contributed by atoms with Crippen LogP contribution in [0.4, 0.5) is 10.3 Å². The van der Waals surface area contributed by atoms with Crippen molar-refractivity contribution in [3.63, 3.8) is 0 Å². The van der Waals surface area contributed by atoms with Crippen LogP contribution in [-0.4, -0.2) is 32.8 Å². The summed E-state index contributed by atoms with van der Waals surface area (Å²) in [6.07, 6.45) is 3.02. The summed E-state index contributed by atoms with van der Waals surface area (Å²) < 4.78 is 13.7. The Morgan fingerprint density at radius 3 is 2.95 bits per heavy atom. The van der Waals surface area contributed by atoms with Gasteiger partial charge < -0.3 is 5.11 Å². The lowest BCUT2D eigenvalue weighted by atomic mass is 10.1. The minimum absolute atomic E-state index is 0.0151. The highest BCUT2D eigenvalue weighted by Gasteiger charge is 2.13. The first-order valence-corrected chi connectivity index (χ1v) is 6.05. The average molecular weight is 286 g/mol. The molecular weight excluding hydrogens is 275 g/mol. The fourth-order valence-corrected chi connectivity index (χ4v) is 1.47. The topological polar surface area (TPSA) is 88.0 Å². The zero-order chi connectivity index (χ0) is 15.1. The monoisotopic (exact) mass is 286 g/mol. The zero-order valence-electron chi connectivity index (χ0n) is 10.9. The van der Waals surface area contributed by atoms with Crippen LogP contribution in [0.2, 0.25) is 0 Å². The fraction of sp³-hybridized carbons (Fsp3) is 0.143. The highest BCUT2D eigenvalue weighted by molar-refractivity contribution is 6.03. The van der Waals surface area contributed by atoms with E-state index in [9.17, 15) is 9.18 Å². The third kappa shape index (κ3) is 4.06. The molecule has 0 fully saturated rings. The van der Waals surface area contributed by atoms with Crippen molar-refractivity contribution < 1.29 is 14.3 Å². The van der Waals surface area contributed by atoms with Gasteiger partial charge in [0.2, 0.25) is 5.95 Å². The van der Waals surface area contributed by atoms with Gasteiger partial charge in [-0.1, -0.05) is 11.8 Å². The molecular formula is C14H11FN4O2. The van der Waals surface area contributed by atoms with Gasteiger partial charge in [0.1, 0.15) is 5.82 Å². The number of hydrogen-bond acceptors (Lipinski definition) is 5. The molecule has 7 heteroatoms. The first-order chi connectivity index (χ1) is 10.2. The number of carbonyl (C=O) groups is 1. The van der Waals surface area contributed by atoms with Gasteiger partial charge in [-0.05, 0) is 18.2 Å². The molecule has 0 aliphatic rings. The summed E-state index contributed by atoms with van der Waals surface area (Å²) in [5, 5.41) is 18.1. The van der Waals surface area contributed by atoms with E-state index in [4.69, 9.17) is 5.11 Å². The predicted octanol–water partition coefficient (Wildman–Crippen LogP) is 0.997. The van der Waals surface area contributed by atoms with E-state index in [0.29, 0.717) is 12.0 Å². The lowest BCUT2D eigenvalue weighted by Gasteiger charge is -2.04. The Morgan fingerprint density at radius 1 is 1.38 bits per heavy atom. The van der Waals surface area contributed by atoms with Crippen molar-refractivity contribution in [2.24, 2.45) is 0 Å². The van der Waals surface area contributed by atoms with Gasteiger partial charge in [-0.15, -0.1) is 5.10 Å². The van der Waals surface area contributed by atoms with Crippen molar-refractivity contribution in [2.45, 2.75) is 6.42 Å². The number of nitrogens with one attached hydrogen (secondary N) is 1. The number of anilines is 1. The Labute approximate surface area is 120 Å². The van der Waals surface area contributed by atoms with Gasteiger partial charge in [0.25, 0.3) is 5.91 Å². The number of nitrogens with zero attached hydrogens (tertiary/aromatic N) is 3. The highest BCUT2D eigenvalue weighted by Crippen LogP contribution is 2.11. The van der Waals surface area contributed by atoms with E-state index in [1.54, 1.807) is 0 Å². The maximum Gasteiger partial charge on any atom is 0.261 e. The van der Waals surface area contributed by atoms with Gasteiger partial charge in [0.05, 0.1) is 24.6 Å². The van der Waals surface area contributed by atoms with E-state index in [1.807, 2.05) is 0 Å². The Hall–Kier alpha value is -2.85. The van der Waals surface area contributed by atoms with Gasteiger partial charge in [-0.2, -0.15) is 5.10 Å². The van der Waals surface area contributed by atoms with Crippen LogP contribution in [-0.2, 0) is 0 Å². The molecule has 1 amide bonds. The third-order valence-electron chi connectivity index (χ3n) is 2.39. The molecule has 1 heterocycles. The molecule has 0 aliphatic heterocycles. The van der Waals surface area contributed by atoms with Crippen molar-refractivity contribution in [1.82, 2.24) is 15.2 Å². The largest absolute Gasteiger partial charge is 0.395 e. The lowest BCUT2D eigenvalue weighted by Crippen LogP contribution is -2.16. The maximum absolute atomic E-state index is 13.7. The molecule has 0 saturated heterocycles. The molecule has 0 aliphatic carbocycles. The molecule has 0 bridgehead atoms. The second-order valence-electron chi connectivity index (χ2n) is 3.89. The summed E-state index contributed by atoms with van der Waals surface area (Å²) in [6.45, 7) is -0.0557. The second kappa shape index (κ2) is 7.07. The number of aromatic nitrogens is 3. The van der Waals surface area contributed by atoms with E-state index in [0.717, 1.165) is 6.07 Å². The minimum atomic E-state index is -0.689. The van der Waals surface area contributed by atoms with E-state index in [-0.39, 0.29) is 18.1 Å². The van der Waals surface area contributed by atoms with Crippen molar-refractivity contribution in [1.29, 1.82) is 0 Å². The first-order valence-electron chi connectivity index (χ1n) is 6.05. The fourth-order valence-electron chi connectivity index (χ4n) is 1.47. The zero-order valence-corrected chi connectivity index (χ0v) is 10.9. The first kappa shape index (κ1) is 14.6. The summed E-state index contributed by atoms with van der Waals surface area (Å²) in [5.74, 6) is 4.05.